The quantitative estimate of drug-likeness (QED) is 0.0755. The first-order valence-corrected chi connectivity index (χ1v) is 56.9. The molecule has 0 aliphatic rings. The number of benzene rings is 24. The normalized spacial score (nSPS) is 11.7. The molecular weight excluding hydrogens is 2030 g/mol. The first-order chi connectivity index (χ1) is 74.4. The van der Waals surface area contributed by atoms with Crippen molar-refractivity contribution < 1.29 is 0 Å². The van der Waals surface area contributed by atoms with Crippen LogP contribution < -0.4 is 14.7 Å². The molecule has 0 aliphatic heterocycles. The maximum atomic E-state index is 2.47. The Kier molecular flexibility index (Phi) is 22.1. The van der Waals surface area contributed by atoms with Crippen LogP contribution in [0, 0.1) is 0 Å². The van der Waals surface area contributed by atoms with Gasteiger partial charge in [0.2, 0.25) is 0 Å². The monoisotopic (exact) mass is 2130 g/mol. The molecule has 0 atom stereocenters. The fraction of sp³-hybridized carbons (Fsp3) is 0. The summed E-state index contributed by atoms with van der Waals surface area (Å²) in [7, 11) is 0. The van der Waals surface area contributed by atoms with E-state index in [1.807, 2.05) is 11.3 Å². The van der Waals surface area contributed by atoms with Crippen LogP contribution in [0.15, 0.2) is 546 Å². The van der Waals surface area contributed by atoms with Crippen molar-refractivity contribution in [1.29, 1.82) is 0 Å². The van der Waals surface area contributed by atoms with Crippen molar-refractivity contribution in [3.63, 3.8) is 0 Å². The van der Waals surface area contributed by atoms with E-state index in [1.54, 1.807) is 0 Å². The molecule has 0 spiro atoms. The summed E-state index contributed by atoms with van der Waals surface area (Å²) < 4.78 is 18.5. The molecule has 0 aliphatic carbocycles. The predicted octanol–water partition coefficient (Wildman–Crippen LogP) is 38.5. The molecule has 0 fully saturated rings. The van der Waals surface area contributed by atoms with Crippen LogP contribution >= 0.6 is 11.3 Å². The van der Waals surface area contributed by atoms with Crippen molar-refractivity contribution >= 4 is 271 Å². The molecule has 150 heavy (non-hydrogen) atoms. The zero-order chi connectivity index (χ0) is 98.8. The predicted molar refractivity (Wildman–Crippen MR) is 646 cm³/mol. The van der Waals surface area contributed by atoms with Gasteiger partial charge in [-0.1, -0.05) is 109 Å². The molecule has 0 N–H and O–H groups in total. The molecule has 7 aromatic heterocycles. The molecule has 6 nitrogen and oxygen atoms in total. The van der Waals surface area contributed by atoms with Crippen molar-refractivity contribution in [2.75, 3.05) is 14.7 Å². The molecule has 0 bridgehead atoms. The Balaban J connectivity index is 0.000000106. The number of anilines is 9. The Labute approximate surface area is 888 Å². The van der Waals surface area contributed by atoms with Gasteiger partial charge in [0.15, 0.2) is 0 Å². The van der Waals surface area contributed by atoms with Crippen LogP contribution in [0.1, 0.15) is 0 Å². The number of fused-ring (bicyclic) bond motifs is 24. The van der Waals surface area contributed by atoms with Gasteiger partial charge in [-0.05, 0) is 54.6 Å². The van der Waals surface area contributed by atoms with Gasteiger partial charge in [0.05, 0.1) is 16.6 Å². The van der Waals surface area contributed by atoms with Gasteiger partial charge in [0.25, 0.3) is 0 Å². The second-order valence-corrected chi connectivity index (χ2v) is 46.4. The average Bonchev–Trinajstić information content (AvgIpc) is 1.49. The van der Waals surface area contributed by atoms with Crippen LogP contribution in [0.25, 0.3) is 215 Å². The third-order valence-corrected chi connectivity index (χ3v) is 38.3. The van der Waals surface area contributed by atoms with Crippen molar-refractivity contribution in [3.8, 4) is 50.4 Å². The summed E-state index contributed by atoms with van der Waals surface area (Å²) in [6.07, 6.45) is 0. The standard InChI is InChI=1S/C50H32N2Se.C48H30N2SSe.C42H28N2Se/c1-2-13-36(14-3-1)52-46-20-10-8-18-42(46)45-30-34(24-29-47(45)52)33-22-25-37(26-23-33)51(38-27-28-44-43-19-9-11-21-49(43)53-50(44)32-38)48-31-35-12-4-5-15-39(35)40-16-6-7-17-41(40)48;1-2-11-33(12-3-1)50-42-17-7-4-13-36(42)41-29-32(23-28-43(41)50)31-21-24-34(25-22-31)49(35-26-27-39-38-15-6-9-20-46(38)52-47(39)30-35)44-18-10-16-40-37-14-5-8-19-45(37)51-48(40)44;1-3-11-31(12-4-1)43(33-22-19-29(20-23-33)30-21-25-37-36-16-8-10-18-41(36)45-42(37)27-30)34-24-26-40-38(28-34)35-15-7-9-17-39(35)44(40)32-13-5-2-6-14-32/h1-32H;1-30H;1-28H. The summed E-state index contributed by atoms with van der Waals surface area (Å²) in [5.41, 5.74) is 28.6. The van der Waals surface area contributed by atoms with Crippen molar-refractivity contribution in [2.45, 2.75) is 0 Å². The van der Waals surface area contributed by atoms with Crippen LogP contribution in [0.3, 0.4) is 0 Å². The van der Waals surface area contributed by atoms with E-state index in [9.17, 15) is 0 Å². The summed E-state index contributed by atoms with van der Waals surface area (Å²) in [6.45, 7) is 0. The first-order valence-electron chi connectivity index (χ1n) is 51.0. The Morgan fingerprint density at radius 1 is 0.153 bits per heavy atom. The average molecular weight is 2130 g/mol. The molecule has 0 amide bonds. The molecule has 10 heteroatoms. The second-order valence-electron chi connectivity index (χ2n) is 38.5. The summed E-state index contributed by atoms with van der Waals surface area (Å²) >= 11 is 2.79. The Morgan fingerprint density at radius 3 is 0.947 bits per heavy atom. The number of hydrogen-bond acceptors (Lipinski definition) is 4. The summed E-state index contributed by atoms with van der Waals surface area (Å²) in [6, 6.07) is 200. The number of aromatic nitrogens is 3. The van der Waals surface area contributed by atoms with E-state index in [0.717, 1.165) is 28.4 Å². The maximum absolute atomic E-state index is 2.47. The van der Waals surface area contributed by atoms with E-state index in [0.29, 0.717) is 14.5 Å². The van der Waals surface area contributed by atoms with Gasteiger partial charge in [-0.15, -0.1) is 0 Å². The number of nitrogens with zero attached hydrogens (tertiary/aromatic N) is 6. The molecular formula is C140H90N6SSe3. The van der Waals surface area contributed by atoms with Gasteiger partial charge in [-0.25, -0.2) is 0 Å². The Morgan fingerprint density at radius 2 is 0.460 bits per heavy atom. The van der Waals surface area contributed by atoms with Gasteiger partial charge < -0.3 is 13.7 Å². The third-order valence-electron chi connectivity index (χ3n) is 29.9. The van der Waals surface area contributed by atoms with E-state index >= 15 is 0 Å². The minimum absolute atomic E-state index is 0.269. The molecule has 704 valence electrons. The topological polar surface area (TPSA) is 24.5 Å². The first kappa shape index (κ1) is 88.8. The van der Waals surface area contributed by atoms with Crippen molar-refractivity contribution in [3.05, 3.63) is 546 Å². The zero-order valence-electron chi connectivity index (χ0n) is 81.3. The number of thiophene rings is 1. The van der Waals surface area contributed by atoms with Crippen LogP contribution in [-0.2, 0) is 0 Å². The van der Waals surface area contributed by atoms with E-state index < -0.39 is 0 Å². The molecule has 31 rings (SSSR count). The van der Waals surface area contributed by atoms with Crippen molar-refractivity contribution in [2.24, 2.45) is 0 Å². The zero-order valence-corrected chi connectivity index (χ0v) is 87.2. The molecule has 24 aromatic carbocycles. The summed E-state index contributed by atoms with van der Waals surface area (Å²) in [5, 5.41) is 23.5. The van der Waals surface area contributed by atoms with E-state index in [4.69, 9.17) is 0 Å². The van der Waals surface area contributed by atoms with Gasteiger partial charge >= 0.3 is 685 Å². The second kappa shape index (κ2) is 37.4. The molecule has 0 saturated heterocycles. The molecule has 0 saturated carbocycles. The third kappa shape index (κ3) is 15.5. The molecule has 0 unspecified atom stereocenters. The van der Waals surface area contributed by atoms with Crippen LogP contribution in [-0.4, -0.2) is 57.2 Å². The van der Waals surface area contributed by atoms with Crippen LogP contribution in [0.2, 0.25) is 0 Å². The van der Waals surface area contributed by atoms with E-state index in [1.165, 1.54) is 238 Å². The van der Waals surface area contributed by atoms with Crippen LogP contribution in [0.4, 0.5) is 51.2 Å². The molecule has 31 aromatic rings. The van der Waals surface area contributed by atoms with E-state index in [2.05, 4.69) is 574 Å². The Hall–Kier alpha value is -17.6. The fourth-order valence-corrected chi connectivity index (χ4v) is 31.4. The number of rotatable bonds is 15. The summed E-state index contributed by atoms with van der Waals surface area (Å²) in [5.74, 6) is 0. The van der Waals surface area contributed by atoms with Gasteiger partial charge in [-0.3, -0.25) is 0 Å². The van der Waals surface area contributed by atoms with Gasteiger partial charge in [-0.2, -0.15) is 0 Å². The van der Waals surface area contributed by atoms with Gasteiger partial charge in [0.1, 0.15) is 0 Å². The fourth-order valence-electron chi connectivity index (χ4n) is 23.0. The van der Waals surface area contributed by atoms with E-state index in [-0.39, 0.29) is 29.0 Å². The van der Waals surface area contributed by atoms with Gasteiger partial charge in [0, 0.05) is 17.1 Å². The SMILES string of the molecule is c1ccc(-n2c3ccccc3c3cc(-c4ccc(N(c5ccc6c(c5)[se]c5ccccc56)c5cc6ccccc6c6ccccc56)cc4)ccc32)cc1.c1ccc(-n2c3ccccc3c3cc(-c4ccc(N(c5ccc6c(c5)[se]c5ccccc56)c5cccc6c5sc5ccccc56)cc4)ccc32)cc1.c1ccc(N(c2ccc(-c3ccc4c(c3)[se]c3ccccc34)cc2)c2ccc3c(c2)c2ccccc2n3-c2ccccc2)cc1. The number of hydrogen-bond donors (Lipinski definition) is 0. The number of para-hydroxylation sites is 7. The Bertz CT molecular complexity index is 10700. The molecule has 0 radical (unpaired) electrons. The summed E-state index contributed by atoms with van der Waals surface area (Å²) in [4.78, 5) is 7.30. The minimum atomic E-state index is 0.269. The molecule has 7 heterocycles. The van der Waals surface area contributed by atoms with Crippen molar-refractivity contribution in [1.82, 2.24) is 13.7 Å². The van der Waals surface area contributed by atoms with Crippen LogP contribution in [0.5, 0.6) is 0 Å².